The highest BCUT2D eigenvalue weighted by Gasteiger charge is 2.21. The molecule has 4 N–H and O–H groups in total. The molecule has 0 fully saturated rings. The number of nitrogen functional groups attached to an aromatic ring is 1. The van der Waals surface area contributed by atoms with Gasteiger partial charge in [0.2, 0.25) is 6.20 Å². The number of nitrogens with one attached hydrogen (secondary N) is 1. The first-order valence-corrected chi connectivity index (χ1v) is 11.2. The summed E-state index contributed by atoms with van der Waals surface area (Å²) in [6.07, 6.45) is 1.49. The number of fused-ring (bicyclic) bond motifs is 1. The minimum atomic E-state index is -1.72. The highest BCUT2D eigenvalue weighted by molar-refractivity contribution is 7.86. The highest BCUT2D eigenvalue weighted by atomic mass is 32.2. The van der Waals surface area contributed by atoms with E-state index in [4.69, 9.17) is 5.73 Å². The van der Waals surface area contributed by atoms with Gasteiger partial charge in [-0.2, -0.15) is 5.10 Å². The Labute approximate surface area is 187 Å². The maximum Gasteiger partial charge on any atom is 0.289 e. The fourth-order valence-electron chi connectivity index (χ4n) is 3.64. The molecule has 1 unspecified atom stereocenters. The van der Waals surface area contributed by atoms with E-state index < -0.39 is 16.8 Å². The zero-order valence-electron chi connectivity index (χ0n) is 18.3. The van der Waals surface area contributed by atoms with Gasteiger partial charge >= 0.3 is 0 Å². The third-order valence-electron chi connectivity index (χ3n) is 5.16. The molecule has 0 spiro atoms. The summed E-state index contributed by atoms with van der Waals surface area (Å²) in [4.78, 5) is 0.316. The second-order valence-electron chi connectivity index (χ2n) is 8.63. The summed E-state index contributed by atoms with van der Waals surface area (Å²) in [6.45, 7) is 7.59. The van der Waals surface area contributed by atoms with Crippen LogP contribution in [0.15, 0.2) is 59.6 Å². The summed E-state index contributed by atoms with van der Waals surface area (Å²) >= 11 is 0. The molecule has 166 valence electrons. The summed E-state index contributed by atoms with van der Waals surface area (Å²) in [6, 6.07) is 13.3. The predicted octanol–water partition coefficient (Wildman–Crippen LogP) is 4.01. The molecule has 2 heterocycles. The first-order valence-electron chi connectivity index (χ1n) is 10.0. The molecule has 0 saturated carbocycles. The number of nitrogens with zero attached hydrogens (tertiary/aromatic N) is 3. The third-order valence-corrected chi connectivity index (χ3v) is 6.24. The van der Waals surface area contributed by atoms with Gasteiger partial charge in [-0.3, -0.25) is 9.93 Å². The van der Waals surface area contributed by atoms with E-state index in [9.17, 15) is 13.8 Å². The van der Waals surface area contributed by atoms with Crippen LogP contribution in [-0.4, -0.2) is 19.2 Å². The zero-order chi connectivity index (χ0) is 23.2. The van der Waals surface area contributed by atoms with E-state index in [1.807, 2.05) is 33.8 Å². The van der Waals surface area contributed by atoms with Crippen LogP contribution >= 0.6 is 0 Å². The van der Waals surface area contributed by atoms with Crippen molar-refractivity contribution in [3.05, 3.63) is 71.8 Å². The van der Waals surface area contributed by atoms with E-state index in [-0.39, 0.29) is 5.41 Å². The minimum absolute atomic E-state index is 0.316. The molecular formula is C23H25FN5O2S+. The Morgan fingerprint density at radius 2 is 1.94 bits per heavy atom. The van der Waals surface area contributed by atoms with Crippen LogP contribution < -0.4 is 15.2 Å². The van der Waals surface area contributed by atoms with E-state index in [0.717, 1.165) is 4.73 Å². The lowest BCUT2D eigenvalue weighted by atomic mass is 9.87. The predicted molar refractivity (Wildman–Crippen MR) is 123 cm³/mol. The fraction of sp³-hybridized carbons (Fsp3) is 0.217. The Bertz CT molecular complexity index is 1350. The third kappa shape index (κ3) is 3.91. The number of halogens is 1. The fourth-order valence-corrected chi connectivity index (χ4v) is 4.50. The molecule has 4 aromatic rings. The molecule has 9 heteroatoms. The number of aryl methyl sites for hydroxylation is 1. The molecule has 0 aliphatic heterocycles. The van der Waals surface area contributed by atoms with E-state index in [1.165, 1.54) is 12.3 Å². The average molecular weight is 455 g/mol. The largest absolute Gasteiger partial charge is 0.393 e. The van der Waals surface area contributed by atoms with Gasteiger partial charge in [-0.05, 0) is 48.2 Å². The van der Waals surface area contributed by atoms with Crippen LogP contribution in [0.3, 0.4) is 0 Å². The maximum atomic E-state index is 14.6. The Morgan fingerprint density at radius 3 is 2.62 bits per heavy atom. The standard InChI is InChI=1S/C23H25FN5O2S/c1-14-12-21(27-32(31)15-7-8-17(18(24)13-15)23(2,3)4)29(26-14)20-10-9-19(25)22-16(20)6-5-11-28(22)30/h5-13,27,30H,25H2,1-4H3/q+1. The molecule has 4 rings (SSSR count). The van der Waals surface area contributed by atoms with Crippen LogP contribution in [0.4, 0.5) is 15.9 Å². The summed E-state index contributed by atoms with van der Waals surface area (Å²) in [5.74, 6) is 0.0624. The summed E-state index contributed by atoms with van der Waals surface area (Å²) in [5.41, 5.74) is 8.43. The number of nitrogens with two attached hydrogens (primary N) is 1. The SMILES string of the molecule is Cc1cc(NS(=O)c2ccc(C(C)(C)C)c(F)c2)n(-c2ccc(N)c3c2ccc[n+]3O)n1. The molecule has 0 saturated heterocycles. The first kappa shape index (κ1) is 21.8. The van der Waals surface area contributed by atoms with Crippen LogP contribution in [0.25, 0.3) is 16.6 Å². The molecule has 0 aliphatic carbocycles. The molecule has 7 nitrogen and oxygen atoms in total. The van der Waals surface area contributed by atoms with Gasteiger partial charge in [0.15, 0.2) is 11.0 Å². The molecular weight excluding hydrogens is 429 g/mol. The van der Waals surface area contributed by atoms with E-state index >= 15 is 0 Å². The van der Waals surface area contributed by atoms with Gasteiger partial charge in [-0.15, -0.1) is 0 Å². The molecule has 0 radical (unpaired) electrons. The number of hydrogen-bond donors (Lipinski definition) is 3. The topological polar surface area (TPSA) is 97.0 Å². The zero-order valence-corrected chi connectivity index (χ0v) is 19.1. The lowest BCUT2D eigenvalue weighted by molar-refractivity contribution is -0.884. The van der Waals surface area contributed by atoms with E-state index in [0.29, 0.717) is 44.2 Å². The van der Waals surface area contributed by atoms with Crippen LogP contribution in [0.5, 0.6) is 0 Å². The van der Waals surface area contributed by atoms with Crippen molar-refractivity contribution >= 4 is 33.4 Å². The van der Waals surface area contributed by atoms with Crippen molar-refractivity contribution in [3.63, 3.8) is 0 Å². The lowest BCUT2D eigenvalue weighted by Crippen LogP contribution is -2.31. The van der Waals surface area contributed by atoms with Gasteiger partial charge in [-0.1, -0.05) is 26.8 Å². The van der Waals surface area contributed by atoms with Crippen molar-refractivity contribution in [2.45, 2.75) is 38.0 Å². The Kier molecular flexibility index (Phi) is 5.37. The molecule has 0 amide bonds. The number of pyridine rings is 1. The molecule has 2 aromatic heterocycles. The van der Waals surface area contributed by atoms with Gasteiger partial charge in [0.05, 0.1) is 21.7 Å². The number of benzene rings is 2. The second-order valence-corrected chi connectivity index (χ2v) is 9.85. The molecule has 0 bridgehead atoms. The molecule has 2 aromatic carbocycles. The van der Waals surface area contributed by atoms with Crippen molar-refractivity contribution in [1.29, 1.82) is 0 Å². The van der Waals surface area contributed by atoms with Crippen molar-refractivity contribution in [1.82, 2.24) is 9.78 Å². The van der Waals surface area contributed by atoms with Crippen molar-refractivity contribution < 1.29 is 18.5 Å². The smallest absolute Gasteiger partial charge is 0.289 e. The first-order chi connectivity index (χ1) is 15.1. The highest BCUT2D eigenvalue weighted by Crippen LogP contribution is 2.29. The van der Waals surface area contributed by atoms with Crippen molar-refractivity contribution in [3.8, 4) is 5.69 Å². The average Bonchev–Trinajstić information content (AvgIpc) is 3.07. The van der Waals surface area contributed by atoms with Crippen LogP contribution in [-0.2, 0) is 16.4 Å². The number of aromatic nitrogens is 3. The van der Waals surface area contributed by atoms with Crippen LogP contribution in [0.2, 0.25) is 0 Å². The Balaban J connectivity index is 1.74. The molecule has 1 atom stereocenters. The number of anilines is 2. The quantitative estimate of drug-likeness (QED) is 0.247. The van der Waals surface area contributed by atoms with E-state index in [2.05, 4.69) is 9.82 Å². The Morgan fingerprint density at radius 1 is 1.19 bits per heavy atom. The maximum absolute atomic E-state index is 14.6. The van der Waals surface area contributed by atoms with Gasteiger partial charge in [0.1, 0.15) is 17.3 Å². The number of rotatable bonds is 4. The molecule has 0 aliphatic rings. The van der Waals surface area contributed by atoms with E-state index in [1.54, 1.807) is 41.1 Å². The van der Waals surface area contributed by atoms with Crippen molar-refractivity contribution in [2.75, 3.05) is 10.5 Å². The lowest BCUT2D eigenvalue weighted by Gasteiger charge is -2.20. The van der Waals surface area contributed by atoms with Crippen LogP contribution in [0.1, 0.15) is 32.0 Å². The summed E-state index contributed by atoms with van der Waals surface area (Å²) in [7, 11) is -1.72. The van der Waals surface area contributed by atoms with Crippen molar-refractivity contribution in [2.24, 2.45) is 0 Å². The minimum Gasteiger partial charge on any atom is -0.393 e. The molecule has 32 heavy (non-hydrogen) atoms. The Hall–Kier alpha value is -3.46. The van der Waals surface area contributed by atoms with Gasteiger partial charge in [0.25, 0.3) is 5.52 Å². The number of hydrogen-bond acceptors (Lipinski definition) is 4. The monoisotopic (exact) mass is 454 g/mol. The van der Waals surface area contributed by atoms with Gasteiger partial charge in [-0.25, -0.2) is 13.3 Å². The summed E-state index contributed by atoms with van der Waals surface area (Å²) < 4.78 is 33.1. The van der Waals surface area contributed by atoms with Gasteiger partial charge in [0, 0.05) is 16.9 Å². The summed E-state index contributed by atoms with van der Waals surface area (Å²) in [5, 5.41) is 15.4. The normalized spacial score (nSPS) is 12.8. The second kappa shape index (κ2) is 7.90. The van der Waals surface area contributed by atoms with Gasteiger partial charge < -0.3 is 5.73 Å². The van der Waals surface area contributed by atoms with Crippen LogP contribution in [0, 0.1) is 12.7 Å².